The highest BCUT2D eigenvalue weighted by Crippen LogP contribution is 2.27. The summed E-state index contributed by atoms with van der Waals surface area (Å²) in [5, 5.41) is 0. The maximum atomic E-state index is 13.0. The van der Waals surface area contributed by atoms with Gasteiger partial charge in [0.25, 0.3) is 0 Å². The minimum Gasteiger partial charge on any atom is -0.468 e. The van der Waals surface area contributed by atoms with Crippen LogP contribution in [0, 0.1) is 0 Å². The molecular formula is C15H19F2N3O. The van der Waals surface area contributed by atoms with Gasteiger partial charge in [0.2, 0.25) is 0 Å². The molecule has 0 amide bonds. The number of furan rings is 1. The molecule has 2 aromatic rings. The molecule has 3 rings (SSSR count). The van der Waals surface area contributed by atoms with Crippen LogP contribution < -0.4 is 0 Å². The molecule has 0 N–H and O–H groups in total. The summed E-state index contributed by atoms with van der Waals surface area (Å²) < 4.78 is 32.2. The van der Waals surface area contributed by atoms with E-state index in [1.54, 1.807) is 6.26 Å². The van der Waals surface area contributed by atoms with Crippen LogP contribution in [-0.2, 0) is 13.1 Å². The number of hydrogen-bond acceptors (Lipinski definition) is 3. The van der Waals surface area contributed by atoms with Gasteiger partial charge in [0.05, 0.1) is 19.4 Å². The van der Waals surface area contributed by atoms with Gasteiger partial charge in [-0.25, -0.2) is 4.98 Å². The zero-order chi connectivity index (χ0) is 14.7. The average Bonchev–Trinajstić information content (AvgIpc) is 3.21. The van der Waals surface area contributed by atoms with E-state index in [4.69, 9.17) is 4.42 Å². The summed E-state index contributed by atoms with van der Waals surface area (Å²) in [5.41, 5.74) is 0. The Morgan fingerprint density at radius 1 is 1.33 bits per heavy atom. The fourth-order valence-electron chi connectivity index (χ4n) is 3.01. The standard InChI is InChI=1S/C15H19F2N3O/c16-15(17)20-8-7-18-14(20)11-19(12-4-1-2-5-12)10-13-6-3-9-21-13/h3,6-9,12,15H,1-2,4-5,10-11H2. The molecule has 0 spiro atoms. The number of alkyl halides is 2. The topological polar surface area (TPSA) is 34.2 Å². The molecule has 21 heavy (non-hydrogen) atoms. The van der Waals surface area contributed by atoms with Crippen molar-refractivity contribution in [3.05, 3.63) is 42.4 Å². The minimum atomic E-state index is -2.54. The first-order valence-corrected chi connectivity index (χ1v) is 7.30. The summed E-state index contributed by atoms with van der Waals surface area (Å²) in [6, 6.07) is 4.18. The van der Waals surface area contributed by atoms with Gasteiger partial charge >= 0.3 is 6.55 Å². The lowest BCUT2D eigenvalue weighted by Crippen LogP contribution is -2.33. The van der Waals surface area contributed by atoms with Crippen LogP contribution in [0.4, 0.5) is 8.78 Å². The summed E-state index contributed by atoms with van der Waals surface area (Å²) in [4.78, 5) is 6.29. The van der Waals surface area contributed by atoms with Crippen molar-refractivity contribution >= 4 is 0 Å². The summed E-state index contributed by atoms with van der Waals surface area (Å²) >= 11 is 0. The fraction of sp³-hybridized carbons (Fsp3) is 0.533. The van der Waals surface area contributed by atoms with Crippen LogP contribution in [0.15, 0.2) is 35.2 Å². The normalized spacial score (nSPS) is 16.4. The van der Waals surface area contributed by atoms with E-state index in [-0.39, 0.29) is 0 Å². The SMILES string of the molecule is FC(F)n1ccnc1CN(Cc1ccco1)C1CCCC1. The molecule has 2 heterocycles. The Morgan fingerprint density at radius 3 is 2.81 bits per heavy atom. The first kappa shape index (κ1) is 14.3. The lowest BCUT2D eigenvalue weighted by atomic mass is 10.2. The van der Waals surface area contributed by atoms with Crippen molar-refractivity contribution in [3.63, 3.8) is 0 Å². The Kier molecular flexibility index (Phi) is 4.34. The Hall–Kier alpha value is -1.69. The minimum absolute atomic E-state index is 0.406. The van der Waals surface area contributed by atoms with Gasteiger partial charge in [0.15, 0.2) is 0 Å². The monoisotopic (exact) mass is 295 g/mol. The number of hydrogen-bond donors (Lipinski definition) is 0. The van der Waals surface area contributed by atoms with Crippen molar-refractivity contribution < 1.29 is 13.2 Å². The van der Waals surface area contributed by atoms with Crippen LogP contribution >= 0.6 is 0 Å². The maximum Gasteiger partial charge on any atom is 0.319 e. The molecule has 1 aliphatic rings. The van der Waals surface area contributed by atoms with Gasteiger partial charge in [-0.05, 0) is 25.0 Å². The van der Waals surface area contributed by atoms with E-state index < -0.39 is 6.55 Å². The van der Waals surface area contributed by atoms with Gasteiger partial charge < -0.3 is 4.42 Å². The van der Waals surface area contributed by atoms with Crippen molar-refractivity contribution in [1.82, 2.24) is 14.5 Å². The van der Waals surface area contributed by atoms with E-state index in [0.29, 0.717) is 25.0 Å². The zero-order valence-corrected chi connectivity index (χ0v) is 11.8. The van der Waals surface area contributed by atoms with Crippen molar-refractivity contribution in [3.8, 4) is 0 Å². The number of aromatic nitrogens is 2. The number of imidazole rings is 1. The molecule has 6 heteroatoms. The molecule has 1 saturated carbocycles. The Morgan fingerprint density at radius 2 is 2.14 bits per heavy atom. The van der Waals surface area contributed by atoms with Gasteiger partial charge in [0.1, 0.15) is 11.6 Å². The van der Waals surface area contributed by atoms with Crippen molar-refractivity contribution in [1.29, 1.82) is 0 Å². The summed E-state index contributed by atoms with van der Waals surface area (Å²) in [6.45, 7) is -1.49. The molecule has 0 aliphatic heterocycles. The van der Waals surface area contributed by atoms with E-state index >= 15 is 0 Å². The molecule has 0 radical (unpaired) electrons. The Balaban J connectivity index is 1.76. The van der Waals surface area contributed by atoms with Crippen LogP contribution in [-0.4, -0.2) is 20.5 Å². The highest BCUT2D eigenvalue weighted by Gasteiger charge is 2.25. The summed E-state index contributed by atoms with van der Waals surface area (Å²) in [5.74, 6) is 1.26. The average molecular weight is 295 g/mol. The molecule has 0 unspecified atom stereocenters. The molecule has 0 atom stereocenters. The van der Waals surface area contributed by atoms with Crippen LogP contribution in [0.5, 0.6) is 0 Å². The third kappa shape index (κ3) is 3.32. The second kappa shape index (κ2) is 6.39. The van der Waals surface area contributed by atoms with Gasteiger partial charge in [-0.2, -0.15) is 8.78 Å². The van der Waals surface area contributed by atoms with E-state index in [1.807, 2.05) is 12.1 Å². The van der Waals surface area contributed by atoms with Crippen molar-refractivity contribution in [2.24, 2.45) is 0 Å². The maximum absolute atomic E-state index is 13.0. The first-order valence-electron chi connectivity index (χ1n) is 7.30. The molecule has 2 aromatic heterocycles. The second-order valence-electron chi connectivity index (χ2n) is 5.45. The van der Waals surface area contributed by atoms with Crippen LogP contribution in [0.25, 0.3) is 0 Å². The Bertz CT molecular complexity index is 547. The predicted molar refractivity (Wildman–Crippen MR) is 73.7 cm³/mol. The molecule has 1 aliphatic carbocycles. The van der Waals surface area contributed by atoms with Crippen molar-refractivity contribution in [2.45, 2.75) is 51.4 Å². The molecule has 114 valence electrons. The second-order valence-corrected chi connectivity index (χ2v) is 5.45. The van der Waals surface area contributed by atoms with Gasteiger partial charge in [-0.1, -0.05) is 12.8 Å². The molecule has 0 bridgehead atoms. The number of halogens is 2. The lowest BCUT2D eigenvalue weighted by molar-refractivity contribution is 0.0610. The molecule has 4 nitrogen and oxygen atoms in total. The van der Waals surface area contributed by atoms with E-state index in [2.05, 4.69) is 9.88 Å². The molecule has 0 aromatic carbocycles. The molecular weight excluding hydrogens is 276 g/mol. The molecule has 1 fully saturated rings. The van der Waals surface area contributed by atoms with Crippen LogP contribution in [0.3, 0.4) is 0 Å². The van der Waals surface area contributed by atoms with Gasteiger partial charge in [0, 0.05) is 18.4 Å². The third-order valence-corrected chi connectivity index (χ3v) is 4.08. The predicted octanol–water partition coefficient (Wildman–Crippen LogP) is 3.82. The van der Waals surface area contributed by atoms with E-state index in [9.17, 15) is 8.78 Å². The van der Waals surface area contributed by atoms with Crippen LogP contribution in [0.1, 0.15) is 43.8 Å². The highest BCUT2D eigenvalue weighted by atomic mass is 19.3. The largest absolute Gasteiger partial charge is 0.468 e. The van der Waals surface area contributed by atoms with E-state index in [0.717, 1.165) is 23.2 Å². The fourth-order valence-corrected chi connectivity index (χ4v) is 3.01. The number of rotatable bonds is 6. The molecule has 0 saturated heterocycles. The summed E-state index contributed by atoms with van der Waals surface area (Å²) in [7, 11) is 0. The highest BCUT2D eigenvalue weighted by molar-refractivity contribution is 5.00. The third-order valence-electron chi connectivity index (χ3n) is 4.08. The van der Waals surface area contributed by atoms with Crippen LogP contribution in [0.2, 0.25) is 0 Å². The van der Waals surface area contributed by atoms with Gasteiger partial charge in [-0.3, -0.25) is 9.47 Å². The number of nitrogens with zero attached hydrogens (tertiary/aromatic N) is 3. The van der Waals surface area contributed by atoms with Crippen molar-refractivity contribution in [2.75, 3.05) is 0 Å². The lowest BCUT2D eigenvalue weighted by Gasteiger charge is -2.27. The smallest absolute Gasteiger partial charge is 0.319 e. The quantitative estimate of drug-likeness (QED) is 0.812. The van der Waals surface area contributed by atoms with E-state index in [1.165, 1.54) is 25.2 Å². The first-order chi connectivity index (χ1) is 10.2. The Labute approximate surface area is 122 Å². The van der Waals surface area contributed by atoms with Gasteiger partial charge in [-0.15, -0.1) is 0 Å². The summed E-state index contributed by atoms with van der Waals surface area (Å²) in [6.07, 6.45) is 9.01. The zero-order valence-electron chi connectivity index (χ0n) is 11.8.